The van der Waals surface area contributed by atoms with Crippen molar-refractivity contribution < 1.29 is 13.5 Å². The second-order valence-corrected chi connectivity index (χ2v) is 6.78. The Morgan fingerprint density at radius 2 is 2.16 bits per heavy atom. The zero-order valence-corrected chi connectivity index (χ0v) is 12.0. The van der Waals surface area contributed by atoms with Gasteiger partial charge in [0.1, 0.15) is 4.90 Å². The van der Waals surface area contributed by atoms with Crippen LogP contribution in [0.4, 0.5) is 0 Å². The van der Waals surface area contributed by atoms with Crippen LogP contribution in [-0.4, -0.2) is 30.4 Å². The van der Waals surface area contributed by atoms with E-state index in [9.17, 15) is 8.42 Å². The maximum atomic E-state index is 12.6. The quantitative estimate of drug-likeness (QED) is 0.819. The van der Waals surface area contributed by atoms with E-state index in [1.165, 1.54) is 16.4 Å². The highest BCUT2D eigenvalue weighted by Gasteiger charge is 2.38. The molecule has 0 bridgehead atoms. The molecule has 104 valence electrons. The molecule has 0 amide bonds. The molecule has 2 rings (SSSR count). The lowest BCUT2D eigenvalue weighted by Gasteiger charge is -2.21. The summed E-state index contributed by atoms with van der Waals surface area (Å²) in [6, 6.07) is 4.57. The zero-order chi connectivity index (χ0) is 14.0. The molecule has 19 heavy (non-hydrogen) atoms. The second kappa shape index (κ2) is 5.63. The van der Waals surface area contributed by atoms with Crippen LogP contribution in [0.25, 0.3) is 0 Å². The third-order valence-corrected chi connectivity index (χ3v) is 5.43. The Bertz CT molecular complexity index is 582. The van der Waals surface area contributed by atoms with Gasteiger partial charge in [0.05, 0.1) is 11.6 Å². The van der Waals surface area contributed by atoms with Crippen molar-refractivity contribution in [1.29, 1.82) is 0 Å². The number of benzene rings is 1. The fourth-order valence-corrected chi connectivity index (χ4v) is 4.09. The van der Waals surface area contributed by atoms with Crippen LogP contribution in [0.5, 0.6) is 0 Å². The predicted molar refractivity (Wildman–Crippen MR) is 74.5 cm³/mol. The fraction of sp³-hybridized carbons (Fsp3) is 0.385. The number of aliphatic hydroxyl groups excluding tert-OH is 1. The van der Waals surface area contributed by atoms with E-state index >= 15 is 0 Å². The van der Waals surface area contributed by atoms with Crippen LogP contribution in [-0.2, 0) is 16.6 Å². The second-order valence-electron chi connectivity index (χ2n) is 4.52. The number of halogens is 1. The molecule has 0 heterocycles. The third-order valence-electron chi connectivity index (χ3n) is 3.03. The third kappa shape index (κ3) is 3.00. The maximum Gasteiger partial charge on any atom is 0.245 e. The highest BCUT2D eigenvalue weighted by molar-refractivity contribution is 7.89. The summed E-state index contributed by atoms with van der Waals surface area (Å²) in [5, 5.41) is 9.29. The Hall–Kier alpha value is -0.880. The number of hydrogen-bond acceptors (Lipinski definition) is 3. The molecule has 6 heteroatoms. The molecular weight excluding hydrogens is 286 g/mol. The molecule has 0 aliphatic heterocycles. The highest BCUT2D eigenvalue weighted by Crippen LogP contribution is 2.34. The number of aliphatic hydroxyl groups is 1. The molecule has 0 aromatic heterocycles. The van der Waals surface area contributed by atoms with Gasteiger partial charge in [-0.25, -0.2) is 8.42 Å². The van der Waals surface area contributed by atoms with E-state index < -0.39 is 10.0 Å². The van der Waals surface area contributed by atoms with Crippen LogP contribution in [0.2, 0.25) is 5.02 Å². The number of rotatable bonds is 6. The van der Waals surface area contributed by atoms with E-state index in [0.29, 0.717) is 5.56 Å². The van der Waals surface area contributed by atoms with Crippen molar-refractivity contribution in [3.05, 3.63) is 41.4 Å². The molecule has 0 atom stereocenters. The van der Waals surface area contributed by atoms with Crippen molar-refractivity contribution in [2.24, 2.45) is 0 Å². The van der Waals surface area contributed by atoms with Gasteiger partial charge in [-0.1, -0.05) is 23.7 Å². The van der Waals surface area contributed by atoms with Gasteiger partial charge in [0, 0.05) is 12.6 Å². The van der Waals surface area contributed by atoms with E-state index in [4.69, 9.17) is 16.7 Å². The van der Waals surface area contributed by atoms with Gasteiger partial charge in [0.25, 0.3) is 0 Å². The van der Waals surface area contributed by atoms with Crippen LogP contribution < -0.4 is 0 Å². The minimum atomic E-state index is -3.64. The molecule has 1 aliphatic rings. The Morgan fingerprint density at radius 1 is 1.47 bits per heavy atom. The highest BCUT2D eigenvalue weighted by atomic mass is 35.5. The minimum absolute atomic E-state index is 0.0387. The van der Waals surface area contributed by atoms with Gasteiger partial charge in [0.2, 0.25) is 10.0 Å². The normalized spacial score (nSPS) is 15.7. The van der Waals surface area contributed by atoms with Crippen LogP contribution in [0.15, 0.2) is 35.7 Å². The van der Waals surface area contributed by atoms with Crippen molar-refractivity contribution in [2.45, 2.75) is 30.4 Å². The first-order valence-electron chi connectivity index (χ1n) is 6.02. The van der Waals surface area contributed by atoms with Crippen LogP contribution >= 0.6 is 11.6 Å². The smallest absolute Gasteiger partial charge is 0.245 e. The van der Waals surface area contributed by atoms with E-state index in [2.05, 4.69) is 6.58 Å². The average Bonchev–Trinajstić information content (AvgIpc) is 3.20. The number of sulfonamides is 1. The summed E-state index contributed by atoms with van der Waals surface area (Å²) in [4.78, 5) is 0.0504. The summed E-state index contributed by atoms with van der Waals surface area (Å²) in [6.07, 6.45) is 3.30. The summed E-state index contributed by atoms with van der Waals surface area (Å²) >= 11 is 5.99. The Kier molecular flexibility index (Phi) is 4.30. The van der Waals surface area contributed by atoms with Crippen molar-refractivity contribution in [2.75, 3.05) is 6.54 Å². The van der Waals surface area contributed by atoms with Crippen LogP contribution in [0.3, 0.4) is 0 Å². The van der Waals surface area contributed by atoms with Crippen LogP contribution in [0, 0.1) is 0 Å². The van der Waals surface area contributed by atoms with Crippen molar-refractivity contribution in [3.63, 3.8) is 0 Å². The molecular formula is C13H16ClNO3S. The first-order chi connectivity index (χ1) is 9.00. The lowest BCUT2D eigenvalue weighted by atomic mass is 10.2. The summed E-state index contributed by atoms with van der Waals surface area (Å²) in [5.74, 6) is 0. The summed E-state index contributed by atoms with van der Waals surface area (Å²) in [5.41, 5.74) is 0.525. The van der Waals surface area contributed by atoms with Gasteiger partial charge in [-0.3, -0.25) is 0 Å². The Morgan fingerprint density at radius 3 is 2.68 bits per heavy atom. The molecule has 0 saturated heterocycles. The van der Waals surface area contributed by atoms with Gasteiger partial charge in [-0.15, -0.1) is 6.58 Å². The maximum absolute atomic E-state index is 12.6. The molecule has 4 nitrogen and oxygen atoms in total. The molecule has 1 fully saturated rings. The van der Waals surface area contributed by atoms with E-state index in [1.54, 1.807) is 12.1 Å². The van der Waals surface area contributed by atoms with Crippen molar-refractivity contribution >= 4 is 21.6 Å². The number of hydrogen-bond donors (Lipinski definition) is 1. The lowest BCUT2D eigenvalue weighted by Crippen LogP contribution is -2.33. The topological polar surface area (TPSA) is 57.6 Å². The molecule has 1 aromatic rings. The molecule has 1 saturated carbocycles. The van der Waals surface area contributed by atoms with Gasteiger partial charge in [-0.2, -0.15) is 4.31 Å². The zero-order valence-electron chi connectivity index (χ0n) is 10.4. The first kappa shape index (κ1) is 14.5. The summed E-state index contributed by atoms with van der Waals surface area (Å²) < 4.78 is 26.6. The molecule has 1 aliphatic carbocycles. The van der Waals surface area contributed by atoms with Crippen LogP contribution in [0.1, 0.15) is 18.4 Å². The van der Waals surface area contributed by atoms with E-state index in [-0.39, 0.29) is 29.1 Å². The van der Waals surface area contributed by atoms with Gasteiger partial charge in [-0.05, 0) is 30.5 Å². The minimum Gasteiger partial charge on any atom is -0.392 e. The monoisotopic (exact) mass is 301 g/mol. The molecule has 1 aromatic carbocycles. The fourth-order valence-electron chi connectivity index (χ4n) is 1.90. The van der Waals surface area contributed by atoms with Crippen molar-refractivity contribution in [3.8, 4) is 0 Å². The number of nitrogens with zero attached hydrogens (tertiary/aromatic N) is 1. The molecule has 0 spiro atoms. The standard InChI is InChI=1S/C13H16ClNO3S/c1-2-7-15(11-4-5-11)19(17,18)13-8-10(9-16)3-6-12(13)14/h2-3,6,8,11,16H,1,4-5,7,9H2. The summed E-state index contributed by atoms with van der Waals surface area (Å²) in [6.45, 7) is 3.65. The molecule has 1 N–H and O–H groups in total. The largest absolute Gasteiger partial charge is 0.392 e. The van der Waals surface area contributed by atoms with E-state index in [0.717, 1.165) is 12.8 Å². The Labute approximate surface area is 118 Å². The molecule has 0 unspecified atom stereocenters. The van der Waals surface area contributed by atoms with Gasteiger partial charge < -0.3 is 5.11 Å². The lowest BCUT2D eigenvalue weighted by molar-refractivity contribution is 0.281. The first-order valence-corrected chi connectivity index (χ1v) is 7.84. The SMILES string of the molecule is C=CCN(C1CC1)S(=O)(=O)c1cc(CO)ccc1Cl. The van der Waals surface area contributed by atoms with Crippen molar-refractivity contribution in [1.82, 2.24) is 4.31 Å². The molecule has 0 radical (unpaired) electrons. The van der Waals surface area contributed by atoms with E-state index in [1.807, 2.05) is 0 Å². The van der Waals surface area contributed by atoms with Gasteiger partial charge >= 0.3 is 0 Å². The average molecular weight is 302 g/mol. The predicted octanol–water partition coefficient (Wildman–Crippen LogP) is 2.17. The Balaban J connectivity index is 2.45. The van der Waals surface area contributed by atoms with Gasteiger partial charge in [0.15, 0.2) is 0 Å². The summed E-state index contributed by atoms with van der Waals surface area (Å²) in [7, 11) is -3.64.